The first-order chi connectivity index (χ1) is 10.5. The molecule has 1 atom stereocenters. The molecule has 0 saturated carbocycles. The van der Waals surface area contributed by atoms with Gasteiger partial charge in [0.25, 0.3) is 0 Å². The highest BCUT2D eigenvalue weighted by atomic mass is 32.2. The van der Waals surface area contributed by atoms with E-state index in [1.165, 1.54) is 11.8 Å². The van der Waals surface area contributed by atoms with Crippen LogP contribution in [0.5, 0.6) is 5.75 Å². The quantitative estimate of drug-likeness (QED) is 0.763. The van der Waals surface area contributed by atoms with E-state index < -0.39 is 10.8 Å². The van der Waals surface area contributed by atoms with Gasteiger partial charge in [0, 0.05) is 18.5 Å². The number of nitrogens with one attached hydrogen (secondary N) is 2. The van der Waals surface area contributed by atoms with Crippen molar-refractivity contribution in [1.82, 2.24) is 15.6 Å². The maximum atomic E-state index is 12.0. The lowest BCUT2D eigenvalue weighted by Gasteiger charge is -2.32. The lowest BCUT2D eigenvalue weighted by Crippen LogP contribution is -2.57. The number of aromatic nitrogens is 1. The van der Waals surface area contributed by atoms with Crippen molar-refractivity contribution in [3.63, 3.8) is 0 Å². The number of amides is 2. The van der Waals surface area contributed by atoms with E-state index in [0.29, 0.717) is 31.1 Å². The smallest absolute Gasteiger partial charge is 0.243 e. The van der Waals surface area contributed by atoms with Crippen LogP contribution in [0.4, 0.5) is 0 Å². The standard InChI is InChI=1S/C15H21N3O3S/c1-15(2)14(20)18-12(10-22-15)13(19)17-7-4-8-21-11-5-3-6-16-9-11/h3,5-6,9,12H,4,7-8,10H2,1-2H3,(H,17,19)(H,18,20). The highest BCUT2D eigenvalue weighted by Gasteiger charge is 2.37. The fourth-order valence-corrected chi connectivity index (χ4v) is 2.91. The van der Waals surface area contributed by atoms with Gasteiger partial charge in [0.2, 0.25) is 11.8 Å². The molecule has 2 heterocycles. The maximum Gasteiger partial charge on any atom is 0.243 e. The van der Waals surface area contributed by atoms with Crippen molar-refractivity contribution < 1.29 is 14.3 Å². The van der Waals surface area contributed by atoms with E-state index in [2.05, 4.69) is 15.6 Å². The summed E-state index contributed by atoms with van der Waals surface area (Å²) in [6, 6.07) is 3.19. The second kappa shape index (κ2) is 7.49. The van der Waals surface area contributed by atoms with Crippen LogP contribution in [0.15, 0.2) is 24.5 Å². The molecule has 0 aliphatic carbocycles. The Balaban J connectivity index is 1.63. The first kappa shape index (κ1) is 16.6. The van der Waals surface area contributed by atoms with E-state index in [-0.39, 0.29) is 11.8 Å². The predicted octanol–water partition coefficient (Wildman–Crippen LogP) is 0.977. The molecule has 0 bridgehead atoms. The number of thioether (sulfide) groups is 1. The molecule has 2 rings (SSSR count). The second-order valence-corrected chi connectivity index (χ2v) is 7.17. The van der Waals surface area contributed by atoms with Crippen LogP contribution >= 0.6 is 11.8 Å². The monoisotopic (exact) mass is 323 g/mol. The highest BCUT2D eigenvalue weighted by molar-refractivity contribution is 8.01. The maximum absolute atomic E-state index is 12.0. The molecule has 22 heavy (non-hydrogen) atoms. The molecular formula is C15H21N3O3S. The number of hydrogen-bond acceptors (Lipinski definition) is 5. The largest absolute Gasteiger partial charge is 0.492 e. The summed E-state index contributed by atoms with van der Waals surface area (Å²) < 4.78 is 5.03. The summed E-state index contributed by atoms with van der Waals surface area (Å²) >= 11 is 1.50. The number of rotatable bonds is 6. The average Bonchev–Trinajstić information content (AvgIpc) is 2.50. The molecule has 7 heteroatoms. The molecule has 120 valence electrons. The summed E-state index contributed by atoms with van der Waals surface area (Å²) in [4.78, 5) is 27.8. The SMILES string of the molecule is CC1(C)SCC(C(=O)NCCCOc2cccnc2)NC1=O. The fraction of sp³-hybridized carbons (Fsp3) is 0.533. The Bertz CT molecular complexity index is 522. The minimum absolute atomic E-state index is 0.0937. The summed E-state index contributed by atoms with van der Waals surface area (Å²) in [5, 5.41) is 5.59. The van der Waals surface area contributed by atoms with Gasteiger partial charge in [-0.2, -0.15) is 0 Å². The molecule has 1 aliphatic rings. The number of ether oxygens (including phenoxy) is 1. The molecule has 1 saturated heterocycles. The Morgan fingerprint density at radius 1 is 1.59 bits per heavy atom. The Kier molecular flexibility index (Phi) is 5.65. The summed E-state index contributed by atoms with van der Waals surface area (Å²) in [6.45, 7) is 4.73. The summed E-state index contributed by atoms with van der Waals surface area (Å²) in [5.41, 5.74) is 0. The third-order valence-corrected chi connectivity index (χ3v) is 4.71. The zero-order valence-corrected chi connectivity index (χ0v) is 13.6. The van der Waals surface area contributed by atoms with Crippen LogP contribution in [0.3, 0.4) is 0 Å². The van der Waals surface area contributed by atoms with Gasteiger partial charge in [-0.1, -0.05) is 0 Å². The molecule has 1 aromatic heterocycles. The first-order valence-corrected chi connectivity index (χ1v) is 8.23. The van der Waals surface area contributed by atoms with Gasteiger partial charge < -0.3 is 15.4 Å². The van der Waals surface area contributed by atoms with Crippen molar-refractivity contribution in [2.24, 2.45) is 0 Å². The molecule has 1 aliphatic heterocycles. The van der Waals surface area contributed by atoms with Gasteiger partial charge >= 0.3 is 0 Å². The number of carbonyl (C=O) groups is 2. The van der Waals surface area contributed by atoms with E-state index in [4.69, 9.17) is 4.74 Å². The van der Waals surface area contributed by atoms with Gasteiger partial charge in [-0.15, -0.1) is 11.8 Å². The zero-order chi connectivity index (χ0) is 16.0. The number of nitrogens with zero attached hydrogens (tertiary/aromatic N) is 1. The number of pyridine rings is 1. The van der Waals surface area contributed by atoms with Crippen molar-refractivity contribution in [3.05, 3.63) is 24.5 Å². The van der Waals surface area contributed by atoms with Gasteiger partial charge in [-0.25, -0.2) is 0 Å². The van der Waals surface area contributed by atoms with Crippen molar-refractivity contribution in [1.29, 1.82) is 0 Å². The van der Waals surface area contributed by atoms with Gasteiger partial charge in [0.15, 0.2) is 0 Å². The van der Waals surface area contributed by atoms with Crippen LogP contribution < -0.4 is 15.4 Å². The lowest BCUT2D eigenvalue weighted by atomic mass is 10.1. The van der Waals surface area contributed by atoms with E-state index in [0.717, 1.165) is 0 Å². The van der Waals surface area contributed by atoms with Crippen LogP contribution in [0.1, 0.15) is 20.3 Å². The predicted molar refractivity (Wildman–Crippen MR) is 85.8 cm³/mol. The molecule has 1 fully saturated rings. The minimum Gasteiger partial charge on any atom is -0.492 e. The Labute approximate surface area is 134 Å². The first-order valence-electron chi connectivity index (χ1n) is 7.24. The summed E-state index contributed by atoms with van der Waals surface area (Å²) in [5.74, 6) is 1.07. The molecule has 1 unspecified atom stereocenters. The Hall–Kier alpha value is -1.76. The average molecular weight is 323 g/mol. The van der Waals surface area contributed by atoms with Crippen molar-refractivity contribution in [2.75, 3.05) is 18.9 Å². The molecule has 0 radical (unpaired) electrons. The van der Waals surface area contributed by atoms with E-state index >= 15 is 0 Å². The van der Waals surface area contributed by atoms with Crippen LogP contribution in [0.25, 0.3) is 0 Å². The van der Waals surface area contributed by atoms with Crippen LogP contribution in [0.2, 0.25) is 0 Å². The van der Waals surface area contributed by atoms with E-state index in [1.54, 1.807) is 12.4 Å². The van der Waals surface area contributed by atoms with Gasteiger partial charge in [-0.05, 0) is 32.4 Å². The third-order valence-electron chi connectivity index (χ3n) is 3.30. The van der Waals surface area contributed by atoms with E-state index in [9.17, 15) is 9.59 Å². The van der Waals surface area contributed by atoms with Gasteiger partial charge in [-0.3, -0.25) is 14.6 Å². The Morgan fingerprint density at radius 2 is 2.41 bits per heavy atom. The normalized spacial score (nSPS) is 20.1. The molecule has 2 N–H and O–H groups in total. The topological polar surface area (TPSA) is 80.3 Å². The number of carbonyl (C=O) groups excluding carboxylic acids is 2. The van der Waals surface area contributed by atoms with Crippen molar-refractivity contribution in [2.45, 2.75) is 31.1 Å². The zero-order valence-electron chi connectivity index (χ0n) is 12.8. The fourth-order valence-electron chi connectivity index (χ4n) is 1.90. The molecular weight excluding hydrogens is 302 g/mol. The minimum atomic E-state index is -0.464. The molecule has 6 nitrogen and oxygen atoms in total. The Morgan fingerprint density at radius 3 is 3.09 bits per heavy atom. The lowest BCUT2D eigenvalue weighted by molar-refractivity contribution is -0.129. The van der Waals surface area contributed by atoms with Crippen LogP contribution in [0, 0.1) is 0 Å². The molecule has 0 spiro atoms. The molecule has 2 amide bonds. The number of hydrogen-bond donors (Lipinski definition) is 2. The molecule has 0 aromatic carbocycles. The van der Waals surface area contributed by atoms with Crippen LogP contribution in [-0.2, 0) is 9.59 Å². The third kappa shape index (κ3) is 4.62. The molecule has 1 aromatic rings. The van der Waals surface area contributed by atoms with Gasteiger partial charge in [0.05, 0.1) is 17.6 Å². The highest BCUT2D eigenvalue weighted by Crippen LogP contribution is 2.28. The summed E-state index contributed by atoms with van der Waals surface area (Å²) in [7, 11) is 0. The van der Waals surface area contributed by atoms with E-state index in [1.807, 2.05) is 26.0 Å². The van der Waals surface area contributed by atoms with Gasteiger partial charge in [0.1, 0.15) is 11.8 Å². The van der Waals surface area contributed by atoms with Crippen LogP contribution in [-0.4, -0.2) is 46.5 Å². The second-order valence-electron chi connectivity index (χ2n) is 5.53. The van der Waals surface area contributed by atoms with Crippen molar-refractivity contribution >= 4 is 23.6 Å². The van der Waals surface area contributed by atoms with Crippen molar-refractivity contribution in [3.8, 4) is 5.75 Å². The summed E-state index contributed by atoms with van der Waals surface area (Å²) in [6.07, 6.45) is 4.03.